The van der Waals surface area contributed by atoms with Crippen LogP contribution in [0.3, 0.4) is 0 Å². The Morgan fingerprint density at radius 1 is 1.25 bits per heavy atom. The Labute approximate surface area is 205 Å². The molecule has 0 radical (unpaired) electrons. The number of carboxylic acid groups (broad SMARTS) is 1. The fraction of sp³-hybridized carbons (Fsp3) is 0.227. The van der Waals surface area contributed by atoms with Crippen molar-refractivity contribution in [3.63, 3.8) is 0 Å². The minimum Gasteiger partial charge on any atom is -0.496 e. The third-order valence-corrected chi connectivity index (χ3v) is 6.73. The van der Waals surface area contributed by atoms with Gasteiger partial charge in [0.05, 0.1) is 17.0 Å². The molecule has 0 unspecified atom stereocenters. The Morgan fingerprint density at radius 3 is 2.75 bits per heavy atom. The first-order valence-electron chi connectivity index (χ1n) is 9.51. The van der Waals surface area contributed by atoms with Crippen LogP contribution >= 0.6 is 47.2 Å². The van der Waals surface area contributed by atoms with Gasteiger partial charge in [-0.1, -0.05) is 59.3 Å². The maximum Gasteiger partial charge on any atom is 0.303 e. The van der Waals surface area contributed by atoms with Gasteiger partial charge in [-0.3, -0.25) is 14.5 Å². The highest BCUT2D eigenvalue weighted by Crippen LogP contribution is 2.35. The zero-order valence-corrected chi connectivity index (χ0v) is 20.1. The molecule has 1 amide bonds. The number of thioether (sulfide) groups is 1. The van der Waals surface area contributed by atoms with E-state index in [1.54, 1.807) is 37.5 Å². The van der Waals surface area contributed by atoms with Gasteiger partial charge in [0.1, 0.15) is 27.4 Å². The quantitative estimate of drug-likeness (QED) is 0.344. The van der Waals surface area contributed by atoms with Crippen molar-refractivity contribution in [1.82, 2.24) is 4.90 Å². The fourth-order valence-corrected chi connectivity index (χ4v) is 4.64. The second-order valence-electron chi connectivity index (χ2n) is 6.74. The van der Waals surface area contributed by atoms with E-state index in [9.17, 15) is 9.59 Å². The van der Waals surface area contributed by atoms with Gasteiger partial charge < -0.3 is 14.6 Å². The van der Waals surface area contributed by atoms with Crippen molar-refractivity contribution in [1.29, 1.82) is 0 Å². The first-order chi connectivity index (χ1) is 15.3. The van der Waals surface area contributed by atoms with E-state index >= 15 is 0 Å². The van der Waals surface area contributed by atoms with Crippen molar-refractivity contribution >= 4 is 69.5 Å². The molecule has 2 aromatic rings. The number of nitrogens with zero attached hydrogens (tertiary/aromatic N) is 1. The SMILES string of the molecule is COc1ccc(/C=C2\SC(=S)N(CCCC(=O)O)C2=O)cc1COc1cccc(Cl)c1Cl. The van der Waals surface area contributed by atoms with Crippen molar-refractivity contribution in [2.75, 3.05) is 13.7 Å². The summed E-state index contributed by atoms with van der Waals surface area (Å²) in [5.41, 5.74) is 1.53. The van der Waals surface area contributed by atoms with Crippen LogP contribution in [0.2, 0.25) is 10.0 Å². The molecule has 1 saturated heterocycles. The van der Waals surface area contributed by atoms with Gasteiger partial charge in [-0.2, -0.15) is 0 Å². The van der Waals surface area contributed by atoms with Crippen LogP contribution in [0.4, 0.5) is 0 Å². The molecular formula is C22H19Cl2NO5S2. The third kappa shape index (κ3) is 5.95. The summed E-state index contributed by atoms with van der Waals surface area (Å²) < 4.78 is 11.7. The predicted molar refractivity (Wildman–Crippen MR) is 131 cm³/mol. The minimum absolute atomic E-state index is 0.0193. The van der Waals surface area contributed by atoms with Crippen LogP contribution in [-0.2, 0) is 16.2 Å². The second-order valence-corrected chi connectivity index (χ2v) is 9.20. The van der Waals surface area contributed by atoms with Crippen LogP contribution in [0.15, 0.2) is 41.3 Å². The standard InChI is InChI=1S/C22H19Cl2NO5S2/c1-29-16-8-7-13(10-14(16)12-30-17-5-2-4-15(23)20(17)24)11-18-21(28)25(22(31)32-18)9-3-6-19(26)27/h2,4-5,7-8,10-11H,3,6,9,12H2,1H3,(H,26,27)/b18-11-. The maximum atomic E-state index is 12.7. The van der Waals surface area contributed by atoms with E-state index in [2.05, 4.69) is 0 Å². The zero-order valence-electron chi connectivity index (χ0n) is 17.0. The summed E-state index contributed by atoms with van der Waals surface area (Å²) in [7, 11) is 1.56. The Balaban J connectivity index is 1.76. The van der Waals surface area contributed by atoms with E-state index in [4.69, 9.17) is 50.0 Å². The van der Waals surface area contributed by atoms with Crippen molar-refractivity contribution in [3.05, 3.63) is 62.5 Å². The Bertz CT molecular complexity index is 1090. The number of thiocarbonyl (C=S) groups is 1. The van der Waals surface area contributed by atoms with Crippen LogP contribution in [-0.4, -0.2) is 39.9 Å². The van der Waals surface area contributed by atoms with Gasteiger partial charge in [-0.15, -0.1) is 0 Å². The molecule has 2 aromatic carbocycles. The number of halogens is 2. The van der Waals surface area contributed by atoms with E-state index in [1.807, 2.05) is 12.1 Å². The first kappa shape index (κ1) is 24.4. The molecule has 0 aliphatic carbocycles. The monoisotopic (exact) mass is 511 g/mol. The van der Waals surface area contributed by atoms with Crippen molar-refractivity contribution in [2.45, 2.75) is 19.4 Å². The summed E-state index contributed by atoms with van der Waals surface area (Å²) in [5.74, 6) is -0.0573. The summed E-state index contributed by atoms with van der Waals surface area (Å²) in [6.07, 6.45) is 2.06. The number of rotatable bonds is 9. The summed E-state index contributed by atoms with van der Waals surface area (Å²) in [6, 6.07) is 10.6. The van der Waals surface area contributed by atoms with Gasteiger partial charge >= 0.3 is 5.97 Å². The third-order valence-electron chi connectivity index (χ3n) is 4.55. The highest BCUT2D eigenvalue weighted by molar-refractivity contribution is 8.26. The number of aliphatic carboxylic acids is 1. The molecule has 0 aromatic heterocycles. The summed E-state index contributed by atoms with van der Waals surface area (Å²) in [4.78, 5) is 25.3. The number of carbonyl (C=O) groups excluding carboxylic acids is 1. The van der Waals surface area contributed by atoms with Gasteiger partial charge in [0.15, 0.2) is 0 Å². The van der Waals surface area contributed by atoms with Crippen LogP contribution in [0.25, 0.3) is 6.08 Å². The number of amides is 1. The lowest BCUT2D eigenvalue weighted by Gasteiger charge is -2.13. The molecule has 1 fully saturated rings. The smallest absolute Gasteiger partial charge is 0.303 e. The molecule has 0 atom stereocenters. The summed E-state index contributed by atoms with van der Waals surface area (Å²) in [5, 5.41) is 9.52. The Hall–Kier alpha value is -2.26. The molecule has 3 rings (SSSR count). The lowest BCUT2D eigenvalue weighted by Crippen LogP contribution is -2.29. The zero-order chi connectivity index (χ0) is 23.3. The van der Waals surface area contributed by atoms with E-state index in [0.29, 0.717) is 37.2 Å². The second kappa shape index (κ2) is 11.0. The van der Waals surface area contributed by atoms with Gasteiger partial charge in [-0.05, 0) is 42.3 Å². The Kier molecular flexibility index (Phi) is 8.42. The Morgan fingerprint density at radius 2 is 2.03 bits per heavy atom. The highest BCUT2D eigenvalue weighted by atomic mass is 35.5. The predicted octanol–water partition coefficient (Wildman–Crippen LogP) is 5.65. The van der Waals surface area contributed by atoms with Crippen LogP contribution in [0.1, 0.15) is 24.0 Å². The molecule has 1 heterocycles. The van der Waals surface area contributed by atoms with Gasteiger partial charge in [0.2, 0.25) is 0 Å². The summed E-state index contributed by atoms with van der Waals surface area (Å²) in [6.45, 7) is 0.456. The average Bonchev–Trinajstić information content (AvgIpc) is 3.02. The van der Waals surface area contributed by atoms with Crippen molar-refractivity contribution in [3.8, 4) is 11.5 Å². The lowest BCUT2D eigenvalue weighted by atomic mass is 10.1. The molecule has 10 heteroatoms. The van der Waals surface area contributed by atoms with E-state index in [0.717, 1.165) is 11.1 Å². The molecule has 0 bridgehead atoms. The first-order valence-corrected chi connectivity index (χ1v) is 11.5. The van der Waals surface area contributed by atoms with E-state index in [1.165, 1.54) is 16.7 Å². The minimum atomic E-state index is -0.905. The van der Waals surface area contributed by atoms with Gasteiger partial charge in [0.25, 0.3) is 5.91 Å². The number of methoxy groups -OCH3 is 1. The lowest BCUT2D eigenvalue weighted by molar-refractivity contribution is -0.137. The van der Waals surface area contributed by atoms with E-state index in [-0.39, 0.29) is 25.5 Å². The number of ether oxygens (including phenoxy) is 2. The number of carboxylic acids is 1. The summed E-state index contributed by atoms with van der Waals surface area (Å²) >= 11 is 18.7. The number of benzene rings is 2. The molecule has 32 heavy (non-hydrogen) atoms. The van der Waals surface area contributed by atoms with Crippen LogP contribution < -0.4 is 9.47 Å². The topological polar surface area (TPSA) is 76.1 Å². The molecular weight excluding hydrogens is 493 g/mol. The molecule has 6 nitrogen and oxygen atoms in total. The fourth-order valence-electron chi connectivity index (χ4n) is 2.98. The van der Waals surface area contributed by atoms with E-state index < -0.39 is 5.97 Å². The molecule has 1 N–H and O–H groups in total. The average molecular weight is 512 g/mol. The van der Waals surface area contributed by atoms with Crippen LogP contribution in [0, 0.1) is 0 Å². The van der Waals surface area contributed by atoms with Crippen molar-refractivity contribution < 1.29 is 24.2 Å². The molecule has 1 aliphatic heterocycles. The van der Waals surface area contributed by atoms with Crippen molar-refractivity contribution in [2.24, 2.45) is 0 Å². The highest BCUT2D eigenvalue weighted by Gasteiger charge is 2.31. The molecule has 0 spiro atoms. The van der Waals surface area contributed by atoms with Gasteiger partial charge in [-0.25, -0.2) is 0 Å². The molecule has 168 valence electrons. The number of hydrogen-bond donors (Lipinski definition) is 1. The molecule has 0 saturated carbocycles. The maximum absolute atomic E-state index is 12.7. The number of carbonyl (C=O) groups is 2. The van der Waals surface area contributed by atoms with Crippen LogP contribution in [0.5, 0.6) is 11.5 Å². The number of hydrogen-bond acceptors (Lipinski definition) is 6. The normalized spacial score (nSPS) is 14.8. The van der Waals surface area contributed by atoms with Gasteiger partial charge in [0, 0.05) is 18.5 Å². The largest absolute Gasteiger partial charge is 0.496 e. The molecule has 1 aliphatic rings.